The molecule has 0 heterocycles. The molecule has 0 saturated carbocycles. The number of hydrogen-bond acceptors (Lipinski definition) is 2. The van der Waals surface area contributed by atoms with Crippen molar-refractivity contribution in [1.29, 1.82) is 0 Å². The van der Waals surface area contributed by atoms with Crippen LogP contribution in [0.5, 0.6) is 0 Å². The smallest absolute Gasteiger partial charge is 0.549 e. The number of halogens is 1. The number of unbranched alkanes of at least 4 members (excludes halogenated alkanes) is 7. The summed E-state index contributed by atoms with van der Waals surface area (Å²) in [4.78, 5) is 9.92. The summed E-state index contributed by atoms with van der Waals surface area (Å²) >= 11 is 3.08. The fourth-order valence-electron chi connectivity index (χ4n) is 1.58. The molecule has 2 nitrogen and oxygen atoms in total. The van der Waals surface area contributed by atoms with Gasteiger partial charge in [0, 0.05) is 0 Å². The maximum atomic E-state index is 10.4. The van der Waals surface area contributed by atoms with E-state index in [0.29, 0.717) is 6.42 Å². The molecule has 0 aliphatic carbocycles. The van der Waals surface area contributed by atoms with Gasteiger partial charge in [-0.15, -0.1) is 0 Å². The van der Waals surface area contributed by atoms with Gasteiger partial charge in [-0.3, -0.25) is 0 Å². The first kappa shape index (κ1) is 19.9. The molecule has 0 aromatic carbocycles. The van der Waals surface area contributed by atoms with Crippen LogP contribution < -0.4 is 56.5 Å². The predicted molar refractivity (Wildman–Crippen MR) is 64.9 cm³/mol. The zero-order valence-electron chi connectivity index (χ0n) is 10.6. The Balaban J connectivity index is 0. The van der Waals surface area contributed by atoms with E-state index in [-0.39, 0.29) is 51.4 Å². The van der Waals surface area contributed by atoms with Gasteiger partial charge in [-0.1, -0.05) is 74.2 Å². The maximum absolute atomic E-state index is 10.4. The van der Waals surface area contributed by atoms with Gasteiger partial charge in [0.25, 0.3) is 0 Å². The van der Waals surface area contributed by atoms with Gasteiger partial charge in [-0.25, -0.2) is 0 Å². The molecule has 90 valence electrons. The Bertz CT molecular complexity index is 165. The number of alkyl halides is 1. The molecule has 0 aromatic heterocycles. The molecule has 16 heavy (non-hydrogen) atoms. The second-order valence-corrected chi connectivity index (χ2v) is 5.16. The van der Waals surface area contributed by atoms with E-state index in [1.165, 1.54) is 38.5 Å². The van der Waals surface area contributed by atoms with Gasteiger partial charge in [0.2, 0.25) is 0 Å². The number of rotatable bonds is 10. The molecule has 0 aromatic rings. The number of carboxylic acid groups (broad SMARTS) is 1. The summed E-state index contributed by atoms with van der Waals surface area (Å²) in [6.45, 7) is 2.22. The third-order valence-electron chi connectivity index (χ3n) is 2.57. The summed E-state index contributed by atoms with van der Waals surface area (Å²) in [7, 11) is 0. The van der Waals surface area contributed by atoms with Crippen LogP contribution in [0, 0.1) is 0 Å². The maximum Gasteiger partial charge on any atom is 1.00 e. The van der Waals surface area contributed by atoms with Crippen molar-refractivity contribution in [2.75, 3.05) is 0 Å². The predicted octanol–water partition coefficient (Wildman–Crippen LogP) is 0.0346. The minimum atomic E-state index is -0.988. The molecule has 0 aliphatic rings. The molecule has 0 radical (unpaired) electrons. The van der Waals surface area contributed by atoms with E-state index in [9.17, 15) is 9.90 Å². The standard InChI is InChI=1S/C12H23BrO2.K/c1-2-3-4-5-6-7-8-9-10-11(13)12(14)15;/h11H,2-10H2,1H3,(H,14,15);/q;+1/p-1. The molecule has 0 amide bonds. The van der Waals surface area contributed by atoms with Crippen molar-refractivity contribution in [2.24, 2.45) is 0 Å². The van der Waals surface area contributed by atoms with Crippen LogP contribution in [0.1, 0.15) is 64.7 Å². The SMILES string of the molecule is CCCCCCCCCCC(Br)C(=O)[O-].[K+]. The van der Waals surface area contributed by atoms with Crippen LogP contribution in [-0.4, -0.2) is 10.8 Å². The molecule has 4 heteroatoms. The molecule has 0 aliphatic heterocycles. The van der Waals surface area contributed by atoms with E-state index in [0.717, 1.165) is 12.8 Å². The topological polar surface area (TPSA) is 40.1 Å². The molecular weight excluding hydrogens is 295 g/mol. The van der Waals surface area contributed by atoms with E-state index in [4.69, 9.17) is 0 Å². The average molecular weight is 317 g/mol. The van der Waals surface area contributed by atoms with Gasteiger partial charge in [-0.2, -0.15) is 0 Å². The summed E-state index contributed by atoms with van der Waals surface area (Å²) in [6, 6.07) is 0. The van der Waals surface area contributed by atoms with Crippen molar-refractivity contribution in [3.8, 4) is 0 Å². The van der Waals surface area contributed by atoms with Crippen LogP contribution in [0.25, 0.3) is 0 Å². The zero-order valence-corrected chi connectivity index (χ0v) is 15.3. The molecule has 0 spiro atoms. The normalized spacial score (nSPS) is 11.9. The minimum absolute atomic E-state index is 0. The van der Waals surface area contributed by atoms with Crippen molar-refractivity contribution in [1.82, 2.24) is 0 Å². The number of carbonyl (C=O) groups is 1. The second kappa shape index (κ2) is 14.6. The molecule has 0 N–H and O–H groups in total. The molecule has 1 atom stereocenters. The first-order valence-corrected chi connectivity index (χ1v) is 6.95. The van der Waals surface area contributed by atoms with E-state index in [1.807, 2.05) is 0 Å². The second-order valence-electron chi connectivity index (χ2n) is 4.05. The van der Waals surface area contributed by atoms with Crippen LogP contribution in [0.3, 0.4) is 0 Å². The Morgan fingerprint density at radius 2 is 1.50 bits per heavy atom. The van der Waals surface area contributed by atoms with Crippen LogP contribution in [-0.2, 0) is 4.79 Å². The van der Waals surface area contributed by atoms with E-state index >= 15 is 0 Å². The van der Waals surface area contributed by atoms with Crippen molar-refractivity contribution >= 4 is 21.9 Å². The Morgan fingerprint density at radius 1 is 1.06 bits per heavy atom. The van der Waals surface area contributed by atoms with Gasteiger partial charge < -0.3 is 9.90 Å². The molecule has 0 fully saturated rings. The van der Waals surface area contributed by atoms with Crippen molar-refractivity contribution in [3.63, 3.8) is 0 Å². The first-order chi connectivity index (χ1) is 7.18. The Kier molecular flexibility index (Phi) is 18.2. The van der Waals surface area contributed by atoms with Gasteiger partial charge in [-0.05, 0) is 6.42 Å². The quantitative estimate of drug-likeness (QED) is 0.324. The van der Waals surface area contributed by atoms with Gasteiger partial charge >= 0.3 is 51.4 Å². The van der Waals surface area contributed by atoms with E-state index in [2.05, 4.69) is 22.9 Å². The minimum Gasteiger partial charge on any atom is -0.549 e. The van der Waals surface area contributed by atoms with Crippen LogP contribution >= 0.6 is 15.9 Å². The van der Waals surface area contributed by atoms with Gasteiger partial charge in [0.1, 0.15) is 0 Å². The Morgan fingerprint density at radius 3 is 1.94 bits per heavy atom. The summed E-state index contributed by atoms with van der Waals surface area (Å²) in [5.74, 6) is -0.988. The van der Waals surface area contributed by atoms with Crippen molar-refractivity contribution in [3.05, 3.63) is 0 Å². The molecule has 1 unspecified atom stereocenters. The van der Waals surface area contributed by atoms with Crippen LogP contribution in [0.4, 0.5) is 0 Å². The third kappa shape index (κ3) is 13.7. The summed E-state index contributed by atoms with van der Waals surface area (Å²) < 4.78 is 0. The first-order valence-electron chi connectivity index (χ1n) is 6.03. The molecular formula is C12H22BrKO2. The summed E-state index contributed by atoms with van der Waals surface area (Å²) in [6.07, 6.45) is 10.6. The molecule has 0 bridgehead atoms. The third-order valence-corrected chi connectivity index (χ3v) is 3.40. The van der Waals surface area contributed by atoms with E-state index in [1.54, 1.807) is 0 Å². The fourth-order valence-corrected chi connectivity index (χ4v) is 1.90. The summed E-state index contributed by atoms with van der Waals surface area (Å²) in [5.41, 5.74) is 0. The van der Waals surface area contributed by atoms with Crippen molar-refractivity contribution < 1.29 is 61.3 Å². The van der Waals surface area contributed by atoms with Crippen LogP contribution in [0.2, 0.25) is 0 Å². The van der Waals surface area contributed by atoms with Gasteiger partial charge in [0.05, 0.1) is 10.8 Å². The van der Waals surface area contributed by atoms with Gasteiger partial charge in [0.15, 0.2) is 0 Å². The van der Waals surface area contributed by atoms with Crippen molar-refractivity contribution in [2.45, 2.75) is 69.5 Å². The molecule has 0 saturated heterocycles. The monoisotopic (exact) mass is 316 g/mol. The number of carbonyl (C=O) groups excluding carboxylic acids is 1. The zero-order chi connectivity index (χ0) is 11.5. The van der Waals surface area contributed by atoms with Crippen LogP contribution in [0.15, 0.2) is 0 Å². The number of carboxylic acids is 1. The number of aliphatic carboxylic acids is 1. The largest absolute Gasteiger partial charge is 1.00 e. The summed E-state index contributed by atoms with van der Waals surface area (Å²) in [5, 5.41) is 10.4. The molecule has 0 rings (SSSR count). The average Bonchev–Trinajstić information content (AvgIpc) is 2.21. The Hall–Kier alpha value is 1.59. The number of hydrogen-bond donors (Lipinski definition) is 0. The van der Waals surface area contributed by atoms with E-state index < -0.39 is 10.8 Å². The fraction of sp³-hybridized carbons (Fsp3) is 0.917. The Labute approximate surface area is 150 Å².